The van der Waals surface area contributed by atoms with Gasteiger partial charge < -0.3 is 14.6 Å². The van der Waals surface area contributed by atoms with Gasteiger partial charge >= 0.3 is 0 Å². The molecule has 5 nitrogen and oxygen atoms in total. The largest absolute Gasteiger partial charge is 0.459 e. The van der Waals surface area contributed by atoms with Gasteiger partial charge in [-0.05, 0) is 42.8 Å². The average Bonchev–Trinajstić information content (AvgIpc) is 2.91. The number of hydrogen-bond donors (Lipinski definition) is 1. The molecule has 2 aromatic rings. The summed E-state index contributed by atoms with van der Waals surface area (Å²) in [5, 5.41) is 2.71. The Morgan fingerprint density at radius 1 is 1.10 bits per heavy atom. The van der Waals surface area contributed by atoms with Crippen molar-refractivity contribution in [1.29, 1.82) is 0 Å². The number of nitrogens with zero attached hydrogens (tertiary/aromatic N) is 1. The minimum absolute atomic E-state index is 0.0418. The number of likely N-dealkylation sites (tertiary alicyclic amines) is 1. The Balaban J connectivity index is 1.67. The van der Waals surface area contributed by atoms with E-state index in [2.05, 4.69) is 5.32 Å². The standard InChI is InChI=1S/C15H14N2O3/c18-14(13-3-1-10-20-13)16-12-6-4-11(5-7-12)15(19)17-8-2-9-17/h1,3-7,10H,2,8-9H2,(H,16,18). The SMILES string of the molecule is O=C(Nc1ccc(C(=O)N2CCC2)cc1)c1ccco1. The molecule has 102 valence electrons. The highest BCUT2D eigenvalue weighted by Crippen LogP contribution is 2.16. The van der Waals surface area contributed by atoms with Crippen molar-refractivity contribution in [1.82, 2.24) is 4.90 Å². The van der Waals surface area contributed by atoms with Crippen molar-refractivity contribution >= 4 is 17.5 Å². The first-order valence-corrected chi connectivity index (χ1v) is 6.48. The van der Waals surface area contributed by atoms with Crippen LogP contribution in [0.3, 0.4) is 0 Å². The monoisotopic (exact) mass is 270 g/mol. The predicted octanol–water partition coefficient (Wildman–Crippen LogP) is 2.38. The summed E-state index contributed by atoms with van der Waals surface area (Å²) in [5.74, 6) is -0.0114. The Bertz CT molecular complexity index is 613. The van der Waals surface area contributed by atoms with Crippen LogP contribution >= 0.6 is 0 Å². The Hall–Kier alpha value is -2.56. The molecule has 1 aliphatic heterocycles. The van der Waals surface area contributed by atoms with Gasteiger partial charge in [-0.15, -0.1) is 0 Å². The first kappa shape index (κ1) is 12.5. The maximum atomic E-state index is 12.0. The number of hydrogen-bond acceptors (Lipinski definition) is 3. The molecule has 1 N–H and O–H groups in total. The Labute approximate surface area is 116 Å². The molecule has 0 unspecified atom stereocenters. The molecular weight excluding hydrogens is 256 g/mol. The van der Waals surface area contributed by atoms with Gasteiger partial charge in [0.05, 0.1) is 6.26 Å². The second-order valence-corrected chi connectivity index (χ2v) is 4.65. The third-order valence-corrected chi connectivity index (χ3v) is 3.28. The predicted molar refractivity (Wildman–Crippen MR) is 73.6 cm³/mol. The third kappa shape index (κ3) is 2.42. The van der Waals surface area contributed by atoms with Crippen LogP contribution in [-0.4, -0.2) is 29.8 Å². The van der Waals surface area contributed by atoms with E-state index in [9.17, 15) is 9.59 Å². The van der Waals surface area contributed by atoms with E-state index in [0.717, 1.165) is 19.5 Å². The fourth-order valence-corrected chi connectivity index (χ4v) is 2.00. The minimum Gasteiger partial charge on any atom is -0.459 e. The van der Waals surface area contributed by atoms with Crippen molar-refractivity contribution in [2.24, 2.45) is 0 Å². The fraction of sp³-hybridized carbons (Fsp3) is 0.200. The van der Waals surface area contributed by atoms with Crippen molar-refractivity contribution in [3.8, 4) is 0 Å². The number of carbonyl (C=O) groups excluding carboxylic acids is 2. The molecule has 0 saturated carbocycles. The van der Waals surface area contributed by atoms with Crippen molar-refractivity contribution in [2.45, 2.75) is 6.42 Å². The molecule has 5 heteroatoms. The highest BCUT2D eigenvalue weighted by atomic mass is 16.3. The topological polar surface area (TPSA) is 62.6 Å². The van der Waals surface area contributed by atoms with Gasteiger partial charge in [0.15, 0.2) is 5.76 Å². The van der Waals surface area contributed by atoms with Crippen LogP contribution < -0.4 is 5.32 Å². The van der Waals surface area contributed by atoms with Crippen molar-refractivity contribution in [3.63, 3.8) is 0 Å². The van der Waals surface area contributed by atoms with Crippen LogP contribution in [0, 0.1) is 0 Å². The van der Waals surface area contributed by atoms with E-state index in [-0.39, 0.29) is 17.6 Å². The first-order valence-electron chi connectivity index (χ1n) is 6.48. The zero-order chi connectivity index (χ0) is 13.9. The second kappa shape index (κ2) is 5.21. The third-order valence-electron chi connectivity index (χ3n) is 3.28. The van der Waals surface area contributed by atoms with Gasteiger partial charge in [0.1, 0.15) is 0 Å². The van der Waals surface area contributed by atoms with Crippen LogP contribution in [0.2, 0.25) is 0 Å². The zero-order valence-corrected chi connectivity index (χ0v) is 10.8. The Kier molecular flexibility index (Phi) is 3.25. The molecule has 1 aromatic carbocycles. The Morgan fingerprint density at radius 2 is 1.85 bits per heavy atom. The summed E-state index contributed by atoms with van der Waals surface area (Å²) in [4.78, 5) is 25.6. The van der Waals surface area contributed by atoms with E-state index in [1.807, 2.05) is 0 Å². The van der Waals surface area contributed by atoms with Crippen LogP contribution in [0.5, 0.6) is 0 Å². The van der Waals surface area contributed by atoms with Crippen molar-refractivity contribution in [3.05, 3.63) is 54.0 Å². The fourth-order valence-electron chi connectivity index (χ4n) is 2.00. The number of benzene rings is 1. The number of nitrogens with one attached hydrogen (secondary N) is 1. The van der Waals surface area contributed by atoms with E-state index in [0.29, 0.717) is 11.3 Å². The summed E-state index contributed by atoms with van der Waals surface area (Å²) in [6.45, 7) is 1.66. The maximum Gasteiger partial charge on any atom is 0.291 e. The lowest BCUT2D eigenvalue weighted by molar-refractivity contribution is 0.0652. The van der Waals surface area contributed by atoms with Gasteiger partial charge in [-0.25, -0.2) is 0 Å². The maximum absolute atomic E-state index is 12.0. The quantitative estimate of drug-likeness (QED) is 0.931. The van der Waals surface area contributed by atoms with Crippen molar-refractivity contribution in [2.75, 3.05) is 18.4 Å². The molecule has 1 saturated heterocycles. The van der Waals surface area contributed by atoms with Crippen molar-refractivity contribution < 1.29 is 14.0 Å². The lowest BCUT2D eigenvalue weighted by Crippen LogP contribution is -2.41. The second-order valence-electron chi connectivity index (χ2n) is 4.65. The summed E-state index contributed by atoms with van der Waals surface area (Å²) in [5.41, 5.74) is 1.27. The van der Waals surface area contributed by atoms with Gasteiger partial charge in [0, 0.05) is 24.3 Å². The molecule has 0 atom stereocenters. The number of rotatable bonds is 3. The summed E-state index contributed by atoms with van der Waals surface area (Å²) < 4.78 is 5.01. The van der Waals surface area contributed by atoms with Crippen LogP contribution in [0.1, 0.15) is 27.3 Å². The smallest absolute Gasteiger partial charge is 0.291 e. The van der Waals surface area contributed by atoms with Gasteiger partial charge in [0.2, 0.25) is 0 Å². The molecule has 20 heavy (non-hydrogen) atoms. The number of carbonyl (C=O) groups is 2. The number of amides is 2. The van der Waals surface area contributed by atoms with Gasteiger partial charge in [-0.1, -0.05) is 0 Å². The summed E-state index contributed by atoms with van der Waals surface area (Å²) in [6, 6.07) is 10.1. The molecule has 0 aliphatic carbocycles. The van der Waals surface area contributed by atoms with E-state index in [1.54, 1.807) is 41.3 Å². The first-order chi connectivity index (χ1) is 9.74. The molecule has 3 rings (SSSR count). The lowest BCUT2D eigenvalue weighted by Gasteiger charge is -2.30. The van der Waals surface area contributed by atoms with Gasteiger partial charge in [-0.2, -0.15) is 0 Å². The summed E-state index contributed by atoms with van der Waals surface area (Å²) in [6.07, 6.45) is 2.52. The molecule has 1 aliphatic rings. The van der Waals surface area contributed by atoms with Crippen LogP contribution in [0.25, 0.3) is 0 Å². The highest BCUT2D eigenvalue weighted by molar-refractivity contribution is 6.02. The zero-order valence-electron chi connectivity index (χ0n) is 10.8. The molecule has 0 spiro atoms. The number of furan rings is 1. The van der Waals surface area contributed by atoms with E-state index >= 15 is 0 Å². The van der Waals surface area contributed by atoms with E-state index in [4.69, 9.17) is 4.42 Å². The lowest BCUT2D eigenvalue weighted by atomic mass is 10.1. The Morgan fingerprint density at radius 3 is 2.40 bits per heavy atom. The summed E-state index contributed by atoms with van der Waals surface area (Å²) in [7, 11) is 0. The molecule has 1 fully saturated rings. The molecular formula is C15H14N2O3. The summed E-state index contributed by atoms with van der Waals surface area (Å²) >= 11 is 0. The van der Waals surface area contributed by atoms with Gasteiger partial charge in [0.25, 0.3) is 11.8 Å². The molecule has 1 aromatic heterocycles. The van der Waals surface area contributed by atoms with E-state index < -0.39 is 0 Å². The van der Waals surface area contributed by atoms with E-state index in [1.165, 1.54) is 6.26 Å². The molecule has 0 radical (unpaired) electrons. The minimum atomic E-state index is -0.309. The van der Waals surface area contributed by atoms with Crippen LogP contribution in [-0.2, 0) is 0 Å². The highest BCUT2D eigenvalue weighted by Gasteiger charge is 2.21. The molecule has 0 bridgehead atoms. The van der Waals surface area contributed by atoms with Gasteiger partial charge in [-0.3, -0.25) is 9.59 Å². The normalized spacial score (nSPS) is 13.7. The average molecular weight is 270 g/mol. The van der Waals surface area contributed by atoms with Crippen LogP contribution in [0.4, 0.5) is 5.69 Å². The molecule has 2 heterocycles. The molecule has 2 amide bonds. The number of anilines is 1. The van der Waals surface area contributed by atoms with Crippen LogP contribution in [0.15, 0.2) is 47.1 Å².